The zero-order chi connectivity index (χ0) is 28.4. The first-order valence-electron chi connectivity index (χ1n) is 15.9. The summed E-state index contributed by atoms with van der Waals surface area (Å²) in [6.45, 7) is 6.14. The number of ether oxygens (including phenoxy) is 3. The number of benzene rings is 1. The lowest BCUT2D eigenvalue weighted by atomic mass is 10.0. The van der Waals surface area contributed by atoms with Crippen molar-refractivity contribution in [1.29, 1.82) is 0 Å². The second-order valence-corrected chi connectivity index (χ2v) is 11.3. The molecule has 1 aliphatic heterocycles. The van der Waals surface area contributed by atoms with Crippen LogP contribution in [0.25, 0.3) is 11.3 Å². The Bertz CT molecular complexity index is 945. The molecule has 0 radical (unpaired) electrons. The van der Waals surface area contributed by atoms with Gasteiger partial charge in [-0.1, -0.05) is 110 Å². The lowest BCUT2D eigenvalue weighted by Gasteiger charge is -2.29. The lowest BCUT2D eigenvalue weighted by molar-refractivity contribution is -0.206. The maximum Gasteiger partial charge on any atom is 0.201 e. The fourth-order valence-electron chi connectivity index (χ4n) is 5.26. The normalized spacial score (nSPS) is 17.3. The fraction of sp³-hybridized carbons (Fsp3) is 0.676. The van der Waals surface area contributed by atoms with Crippen molar-refractivity contribution in [1.82, 2.24) is 4.98 Å². The lowest BCUT2D eigenvalue weighted by Crippen LogP contribution is -2.27. The summed E-state index contributed by atoms with van der Waals surface area (Å²) < 4.78 is 46.9. The second kappa shape index (κ2) is 19.1. The van der Waals surface area contributed by atoms with Crippen LogP contribution in [-0.4, -0.2) is 24.8 Å². The van der Waals surface area contributed by atoms with Gasteiger partial charge in [-0.05, 0) is 31.0 Å². The molecule has 224 valence electrons. The van der Waals surface area contributed by atoms with Gasteiger partial charge >= 0.3 is 0 Å². The highest BCUT2D eigenvalue weighted by molar-refractivity contribution is 5.61. The van der Waals surface area contributed by atoms with Crippen molar-refractivity contribution in [3.05, 3.63) is 47.7 Å². The average Bonchev–Trinajstić information content (AvgIpc) is 2.98. The maximum absolute atomic E-state index is 14.8. The second-order valence-electron chi connectivity index (χ2n) is 11.3. The molecule has 2 aromatic rings. The highest BCUT2D eigenvalue weighted by Gasteiger charge is 2.24. The SMILES string of the molecule is CCCCCCCCCCCCC1COC(c2ccc(-c3ccc(OCCCCCCC)c(F)c3F)nc2)OC1. The molecule has 1 fully saturated rings. The summed E-state index contributed by atoms with van der Waals surface area (Å²) in [6, 6.07) is 6.51. The first kappa shape index (κ1) is 32.5. The van der Waals surface area contributed by atoms with Gasteiger partial charge in [0.2, 0.25) is 5.82 Å². The van der Waals surface area contributed by atoms with Crippen LogP contribution < -0.4 is 4.74 Å². The quantitative estimate of drug-likeness (QED) is 0.151. The Morgan fingerprint density at radius 2 is 1.32 bits per heavy atom. The molecule has 0 N–H and O–H groups in total. The van der Waals surface area contributed by atoms with Crippen LogP contribution in [0.4, 0.5) is 8.78 Å². The van der Waals surface area contributed by atoms with Crippen molar-refractivity contribution in [2.24, 2.45) is 5.92 Å². The van der Waals surface area contributed by atoms with E-state index >= 15 is 0 Å². The molecular formula is C34H51F2NO3. The Hall–Kier alpha value is -2.05. The van der Waals surface area contributed by atoms with Gasteiger partial charge in [-0.15, -0.1) is 0 Å². The van der Waals surface area contributed by atoms with E-state index in [1.807, 2.05) is 6.07 Å². The van der Waals surface area contributed by atoms with Gasteiger partial charge in [0, 0.05) is 23.2 Å². The summed E-state index contributed by atoms with van der Waals surface area (Å²) in [5.41, 5.74) is 1.26. The van der Waals surface area contributed by atoms with Crippen molar-refractivity contribution in [3.63, 3.8) is 0 Å². The molecule has 0 bridgehead atoms. The van der Waals surface area contributed by atoms with Crippen LogP contribution in [0.5, 0.6) is 5.75 Å². The van der Waals surface area contributed by atoms with Crippen LogP contribution >= 0.6 is 0 Å². The first-order chi connectivity index (χ1) is 19.6. The Kier molecular flexibility index (Phi) is 15.5. The number of hydrogen-bond donors (Lipinski definition) is 0. The van der Waals surface area contributed by atoms with E-state index in [0.717, 1.165) is 37.7 Å². The van der Waals surface area contributed by atoms with Gasteiger partial charge in [-0.2, -0.15) is 4.39 Å². The van der Waals surface area contributed by atoms with E-state index in [1.54, 1.807) is 12.3 Å². The number of unbranched alkanes of at least 4 members (excludes halogenated alkanes) is 13. The van der Waals surface area contributed by atoms with Crippen LogP contribution in [0.3, 0.4) is 0 Å². The predicted molar refractivity (Wildman–Crippen MR) is 158 cm³/mol. The molecule has 1 aliphatic rings. The molecule has 6 heteroatoms. The largest absolute Gasteiger partial charge is 0.490 e. The first-order valence-corrected chi connectivity index (χ1v) is 15.9. The minimum atomic E-state index is -0.968. The van der Waals surface area contributed by atoms with Gasteiger partial charge in [0.15, 0.2) is 17.9 Å². The molecule has 2 heterocycles. The van der Waals surface area contributed by atoms with E-state index in [9.17, 15) is 8.78 Å². The molecule has 0 amide bonds. The molecule has 1 saturated heterocycles. The van der Waals surface area contributed by atoms with Crippen molar-refractivity contribution < 1.29 is 23.0 Å². The van der Waals surface area contributed by atoms with Gasteiger partial charge in [0.25, 0.3) is 0 Å². The third kappa shape index (κ3) is 11.1. The molecule has 0 aliphatic carbocycles. The van der Waals surface area contributed by atoms with Gasteiger partial charge in [-0.3, -0.25) is 4.98 Å². The molecule has 1 aromatic heterocycles. The fourth-order valence-corrected chi connectivity index (χ4v) is 5.26. The van der Waals surface area contributed by atoms with Crippen LogP contribution in [0.15, 0.2) is 30.5 Å². The molecule has 0 spiro atoms. The van der Waals surface area contributed by atoms with Crippen molar-refractivity contribution in [2.75, 3.05) is 19.8 Å². The molecular weight excluding hydrogens is 508 g/mol. The predicted octanol–water partition coefficient (Wildman–Crippen LogP) is 10.3. The number of halogens is 2. The Balaban J connectivity index is 1.36. The Morgan fingerprint density at radius 3 is 1.93 bits per heavy atom. The van der Waals surface area contributed by atoms with Crippen LogP contribution in [0.2, 0.25) is 0 Å². The molecule has 4 nitrogen and oxygen atoms in total. The molecule has 0 unspecified atom stereocenters. The number of rotatable bonds is 20. The minimum Gasteiger partial charge on any atom is -0.490 e. The van der Waals surface area contributed by atoms with E-state index in [-0.39, 0.29) is 11.3 Å². The summed E-state index contributed by atoms with van der Waals surface area (Å²) >= 11 is 0. The summed E-state index contributed by atoms with van der Waals surface area (Å²) in [5.74, 6) is -1.54. The third-order valence-electron chi connectivity index (χ3n) is 7.82. The van der Waals surface area contributed by atoms with Gasteiger partial charge in [0.05, 0.1) is 25.5 Å². The minimum absolute atomic E-state index is 0.0512. The smallest absolute Gasteiger partial charge is 0.201 e. The molecule has 1 aromatic carbocycles. The zero-order valence-corrected chi connectivity index (χ0v) is 24.9. The number of pyridine rings is 1. The maximum atomic E-state index is 14.8. The van der Waals surface area contributed by atoms with Crippen LogP contribution in [0.1, 0.15) is 128 Å². The zero-order valence-electron chi connectivity index (χ0n) is 24.9. The number of aromatic nitrogens is 1. The Labute approximate surface area is 241 Å². The van der Waals surface area contributed by atoms with E-state index in [0.29, 0.717) is 31.4 Å². The number of hydrogen-bond acceptors (Lipinski definition) is 4. The highest BCUT2D eigenvalue weighted by atomic mass is 19.2. The summed E-state index contributed by atoms with van der Waals surface area (Å²) in [6.07, 6.45) is 21.0. The molecule has 40 heavy (non-hydrogen) atoms. The monoisotopic (exact) mass is 559 g/mol. The summed E-state index contributed by atoms with van der Waals surface area (Å²) in [7, 11) is 0. The summed E-state index contributed by atoms with van der Waals surface area (Å²) in [4.78, 5) is 4.38. The molecule has 3 rings (SSSR count). The average molecular weight is 560 g/mol. The van der Waals surface area contributed by atoms with Crippen molar-refractivity contribution in [3.8, 4) is 17.0 Å². The summed E-state index contributed by atoms with van der Waals surface area (Å²) in [5, 5.41) is 0. The highest BCUT2D eigenvalue weighted by Crippen LogP contribution is 2.31. The number of nitrogens with zero attached hydrogens (tertiary/aromatic N) is 1. The van der Waals surface area contributed by atoms with E-state index < -0.39 is 17.9 Å². The third-order valence-corrected chi connectivity index (χ3v) is 7.82. The van der Waals surface area contributed by atoms with E-state index in [4.69, 9.17) is 14.2 Å². The standard InChI is InChI=1S/C34H51F2NO3/c1-3-5-7-9-10-11-12-13-14-16-18-27-25-39-34(40-26-27)28-19-21-30(37-24-28)29-20-22-31(33(36)32(29)35)38-23-17-15-8-6-4-2/h19-22,24,27,34H,3-18,23,25-26H2,1-2H3. The van der Waals surface area contributed by atoms with Crippen molar-refractivity contribution in [2.45, 2.75) is 123 Å². The Morgan fingerprint density at radius 1 is 0.725 bits per heavy atom. The van der Waals surface area contributed by atoms with Crippen LogP contribution in [0, 0.1) is 17.6 Å². The van der Waals surface area contributed by atoms with Gasteiger partial charge in [0.1, 0.15) is 0 Å². The van der Waals surface area contributed by atoms with Gasteiger partial charge in [-0.25, -0.2) is 4.39 Å². The van der Waals surface area contributed by atoms with E-state index in [2.05, 4.69) is 18.8 Å². The molecule has 0 atom stereocenters. The van der Waals surface area contributed by atoms with Crippen molar-refractivity contribution >= 4 is 0 Å². The van der Waals surface area contributed by atoms with Crippen LogP contribution in [-0.2, 0) is 9.47 Å². The topological polar surface area (TPSA) is 40.6 Å². The molecule has 0 saturated carbocycles. The van der Waals surface area contributed by atoms with Gasteiger partial charge < -0.3 is 14.2 Å². The van der Waals surface area contributed by atoms with E-state index in [1.165, 1.54) is 82.8 Å².